The van der Waals surface area contributed by atoms with Crippen molar-refractivity contribution < 1.29 is 4.79 Å². The minimum atomic E-state index is 0.516. The summed E-state index contributed by atoms with van der Waals surface area (Å²) in [7, 11) is 0. The molecule has 3 nitrogen and oxygen atoms in total. The maximum absolute atomic E-state index is 10.8. The van der Waals surface area contributed by atoms with Crippen molar-refractivity contribution in [1.29, 1.82) is 0 Å². The predicted octanol–water partition coefficient (Wildman–Crippen LogP) is 3.29. The van der Waals surface area contributed by atoms with Gasteiger partial charge in [-0.1, -0.05) is 17.7 Å². The Morgan fingerprint density at radius 3 is 2.88 bits per heavy atom. The number of hydrogen-bond acceptors (Lipinski definition) is 3. The third-order valence-corrected chi connectivity index (χ3v) is 2.29. The smallest absolute Gasteiger partial charge is 0.153 e. The van der Waals surface area contributed by atoms with Gasteiger partial charge < -0.3 is 5.32 Å². The molecule has 1 aromatic carbocycles. The van der Waals surface area contributed by atoms with Gasteiger partial charge in [-0.25, -0.2) is 4.98 Å². The number of carbonyl (C=O) groups excluding carboxylic acids is 1. The highest BCUT2D eigenvalue weighted by Gasteiger charge is 2.02. The highest BCUT2D eigenvalue weighted by atomic mass is 35.5. The Bertz CT molecular complexity index is 514. The van der Waals surface area contributed by atoms with E-state index in [1.807, 2.05) is 12.1 Å². The van der Waals surface area contributed by atoms with Crippen LogP contribution in [-0.2, 0) is 0 Å². The van der Waals surface area contributed by atoms with E-state index in [1.165, 1.54) is 0 Å². The van der Waals surface area contributed by atoms with Crippen molar-refractivity contribution in [1.82, 2.24) is 4.98 Å². The van der Waals surface area contributed by atoms with Gasteiger partial charge in [0.05, 0.1) is 5.56 Å². The number of halogens is 1. The van der Waals surface area contributed by atoms with Gasteiger partial charge in [-0.3, -0.25) is 4.79 Å². The largest absolute Gasteiger partial charge is 0.340 e. The number of aldehydes is 1. The molecular formula is C12H9ClN2O. The van der Waals surface area contributed by atoms with Crippen LogP contribution in [0.2, 0.25) is 5.02 Å². The van der Waals surface area contributed by atoms with Gasteiger partial charge >= 0.3 is 0 Å². The molecule has 16 heavy (non-hydrogen) atoms. The van der Waals surface area contributed by atoms with E-state index in [2.05, 4.69) is 10.3 Å². The number of carbonyl (C=O) groups is 1. The molecule has 1 heterocycles. The third kappa shape index (κ3) is 2.38. The second kappa shape index (κ2) is 4.77. The average Bonchev–Trinajstić information content (AvgIpc) is 2.30. The van der Waals surface area contributed by atoms with Gasteiger partial charge in [0.1, 0.15) is 5.82 Å². The first-order valence-corrected chi connectivity index (χ1v) is 5.10. The zero-order valence-corrected chi connectivity index (χ0v) is 9.11. The van der Waals surface area contributed by atoms with Gasteiger partial charge in [0.2, 0.25) is 0 Å². The highest BCUT2D eigenvalue weighted by molar-refractivity contribution is 6.30. The van der Waals surface area contributed by atoms with E-state index in [-0.39, 0.29) is 0 Å². The Morgan fingerprint density at radius 1 is 1.25 bits per heavy atom. The monoisotopic (exact) mass is 232 g/mol. The lowest BCUT2D eigenvalue weighted by atomic mass is 10.2. The molecule has 0 aliphatic rings. The second-order valence-electron chi connectivity index (χ2n) is 3.19. The van der Waals surface area contributed by atoms with Crippen LogP contribution in [-0.4, -0.2) is 11.3 Å². The minimum absolute atomic E-state index is 0.516. The molecule has 0 aliphatic heterocycles. The lowest BCUT2D eigenvalue weighted by Crippen LogP contribution is -1.97. The van der Waals surface area contributed by atoms with E-state index >= 15 is 0 Å². The molecule has 1 aromatic heterocycles. The molecule has 0 spiro atoms. The number of hydrogen-bond donors (Lipinski definition) is 1. The Balaban J connectivity index is 2.30. The van der Waals surface area contributed by atoms with Gasteiger partial charge in [-0.15, -0.1) is 0 Å². The van der Waals surface area contributed by atoms with Crippen molar-refractivity contribution >= 4 is 29.4 Å². The zero-order chi connectivity index (χ0) is 11.4. The molecule has 0 saturated heterocycles. The van der Waals surface area contributed by atoms with Crippen LogP contribution in [0.15, 0.2) is 42.6 Å². The van der Waals surface area contributed by atoms with E-state index < -0.39 is 0 Å². The topological polar surface area (TPSA) is 42.0 Å². The van der Waals surface area contributed by atoms with Crippen LogP contribution in [0, 0.1) is 0 Å². The van der Waals surface area contributed by atoms with Crippen LogP contribution in [0.1, 0.15) is 10.4 Å². The van der Waals surface area contributed by atoms with Gasteiger partial charge in [0.15, 0.2) is 6.29 Å². The van der Waals surface area contributed by atoms with Crippen LogP contribution in [0.3, 0.4) is 0 Å². The third-order valence-electron chi connectivity index (χ3n) is 2.05. The summed E-state index contributed by atoms with van der Waals surface area (Å²) in [6, 6.07) is 10.7. The summed E-state index contributed by atoms with van der Waals surface area (Å²) in [4.78, 5) is 14.9. The Morgan fingerprint density at radius 2 is 2.12 bits per heavy atom. The van der Waals surface area contributed by atoms with Crippen LogP contribution < -0.4 is 5.32 Å². The molecular weight excluding hydrogens is 224 g/mol. The average molecular weight is 233 g/mol. The normalized spacial score (nSPS) is 9.81. The molecule has 2 aromatic rings. The standard InChI is InChI=1S/C12H9ClN2O/c13-10-4-1-5-11(7-10)15-12-9(8-16)3-2-6-14-12/h1-8H,(H,14,15). The maximum Gasteiger partial charge on any atom is 0.153 e. The van der Waals surface area contributed by atoms with Crippen molar-refractivity contribution in [3.63, 3.8) is 0 Å². The van der Waals surface area contributed by atoms with Crippen molar-refractivity contribution in [2.75, 3.05) is 5.32 Å². The van der Waals surface area contributed by atoms with E-state index in [0.717, 1.165) is 12.0 Å². The van der Waals surface area contributed by atoms with Gasteiger partial charge in [0.25, 0.3) is 0 Å². The summed E-state index contributed by atoms with van der Waals surface area (Å²) in [5, 5.41) is 3.67. The van der Waals surface area contributed by atoms with Gasteiger partial charge in [0, 0.05) is 16.9 Å². The van der Waals surface area contributed by atoms with Crippen LogP contribution >= 0.6 is 11.6 Å². The second-order valence-corrected chi connectivity index (χ2v) is 3.63. The Kier molecular flexibility index (Phi) is 3.17. The molecule has 0 bridgehead atoms. The lowest BCUT2D eigenvalue weighted by Gasteiger charge is -2.07. The molecule has 0 saturated carbocycles. The molecule has 0 fully saturated rings. The van der Waals surface area contributed by atoms with Crippen molar-refractivity contribution in [2.45, 2.75) is 0 Å². The first-order valence-electron chi connectivity index (χ1n) is 4.72. The summed E-state index contributed by atoms with van der Waals surface area (Å²) in [6.45, 7) is 0. The Hall–Kier alpha value is -1.87. The van der Waals surface area contributed by atoms with Crippen LogP contribution in [0.5, 0.6) is 0 Å². The van der Waals surface area contributed by atoms with Crippen molar-refractivity contribution in [3.05, 3.63) is 53.2 Å². The fourth-order valence-electron chi connectivity index (χ4n) is 1.32. The molecule has 0 unspecified atom stereocenters. The molecule has 0 amide bonds. The summed E-state index contributed by atoms with van der Waals surface area (Å²) < 4.78 is 0. The number of nitrogens with zero attached hydrogens (tertiary/aromatic N) is 1. The van der Waals surface area contributed by atoms with E-state index in [4.69, 9.17) is 11.6 Å². The molecule has 2 rings (SSSR count). The molecule has 0 atom stereocenters. The number of aromatic nitrogens is 1. The summed E-state index contributed by atoms with van der Waals surface area (Å²) >= 11 is 5.85. The molecule has 4 heteroatoms. The SMILES string of the molecule is O=Cc1cccnc1Nc1cccc(Cl)c1. The van der Waals surface area contributed by atoms with Crippen molar-refractivity contribution in [3.8, 4) is 0 Å². The fourth-order valence-corrected chi connectivity index (χ4v) is 1.51. The maximum atomic E-state index is 10.8. The first kappa shape index (κ1) is 10.6. The first-order chi connectivity index (χ1) is 7.79. The van der Waals surface area contributed by atoms with Gasteiger partial charge in [-0.05, 0) is 30.3 Å². The fraction of sp³-hybridized carbons (Fsp3) is 0. The number of benzene rings is 1. The van der Waals surface area contributed by atoms with E-state index in [9.17, 15) is 4.79 Å². The Labute approximate surface area is 98.1 Å². The van der Waals surface area contributed by atoms with Crippen LogP contribution in [0.4, 0.5) is 11.5 Å². The summed E-state index contributed by atoms with van der Waals surface area (Å²) in [5.41, 5.74) is 1.32. The number of rotatable bonds is 3. The van der Waals surface area contributed by atoms with E-state index in [1.54, 1.807) is 30.5 Å². The highest BCUT2D eigenvalue weighted by Crippen LogP contribution is 2.20. The molecule has 0 aliphatic carbocycles. The number of nitrogens with one attached hydrogen (secondary N) is 1. The molecule has 1 N–H and O–H groups in total. The van der Waals surface area contributed by atoms with Crippen molar-refractivity contribution in [2.24, 2.45) is 0 Å². The summed E-state index contributed by atoms with van der Waals surface area (Å²) in [6.07, 6.45) is 2.39. The lowest BCUT2D eigenvalue weighted by molar-refractivity contribution is 0.112. The quantitative estimate of drug-likeness (QED) is 0.826. The molecule has 80 valence electrons. The zero-order valence-electron chi connectivity index (χ0n) is 8.35. The number of pyridine rings is 1. The number of anilines is 2. The summed E-state index contributed by atoms with van der Waals surface area (Å²) in [5.74, 6) is 0.528. The minimum Gasteiger partial charge on any atom is -0.340 e. The van der Waals surface area contributed by atoms with Gasteiger partial charge in [-0.2, -0.15) is 0 Å². The van der Waals surface area contributed by atoms with Crippen LogP contribution in [0.25, 0.3) is 0 Å². The predicted molar refractivity (Wildman–Crippen MR) is 64.4 cm³/mol. The molecule has 0 radical (unpaired) electrons. The van der Waals surface area contributed by atoms with E-state index in [0.29, 0.717) is 16.4 Å².